The quantitative estimate of drug-likeness (QED) is 0.683. The summed E-state index contributed by atoms with van der Waals surface area (Å²) in [5.41, 5.74) is 2.05. The normalized spacial score (nSPS) is 9.71. The highest BCUT2D eigenvalue weighted by atomic mass is 16.4. The van der Waals surface area contributed by atoms with Crippen LogP contribution in [0.15, 0.2) is 60.8 Å². The van der Waals surface area contributed by atoms with Gasteiger partial charge < -0.3 is 15.5 Å². The fourth-order valence-corrected chi connectivity index (χ4v) is 1.99. The van der Waals surface area contributed by atoms with Gasteiger partial charge in [0.15, 0.2) is 0 Å². The molecule has 0 bridgehead atoms. The zero-order chi connectivity index (χ0) is 17.5. The Bertz CT molecular complexity index is 848. The maximum Gasteiger partial charge on any atom is 0.335 e. The summed E-state index contributed by atoms with van der Waals surface area (Å²) in [6.07, 6.45) is 1.84. The number of hydrogen-bond donors (Lipinski definition) is 3. The largest absolute Gasteiger partial charge is 0.478 e. The SMILES string of the molecule is CNc1cnc2ccccc2c1.O=C(O)c1cccc(C(=O)O)c1. The average Bonchev–Trinajstić information content (AvgIpc) is 2.61. The fraction of sp³-hybridized carbons (Fsp3) is 0.0556. The number of anilines is 1. The number of carboxylic acids is 2. The number of para-hydroxylation sites is 1. The standard InChI is InChI=1S/C10H10N2.C8H6O4/c1-11-9-6-8-4-2-3-5-10(8)12-7-9;9-7(10)5-2-1-3-6(4-5)8(11)12/h2-7,11H,1H3;1-4H,(H,9,10)(H,11,12). The van der Waals surface area contributed by atoms with Gasteiger partial charge in [0.1, 0.15) is 0 Å². The monoisotopic (exact) mass is 324 g/mol. The van der Waals surface area contributed by atoms with E-state index in [9.17, 15) is 9.59 Å². The maximum atomic E-state index is 10.4. The molecule has 0 aliphatic rings. The Kier molecular flexibility index (Phi) is 5.46. The number of nitrogens with one attached hydrogen (secondary N) is 1. The molecule has 0 saturated heterocycles. The van der Waals surface area contributed by atoms with Crippen molar-refractivity contribution in [2.45, 2.75) is 0 Å². The third-order valence-electron chi connectivity index (χ3n) is 3.24. The van der Waals surface area contributed by atoms with Crippen molar-refractivity contribution in [2.24, 2.45) is 0 Å². The number of carbonyl (C=O) groups is 2. The molecule has 3 rings (SSSR count). The van der Waals surface area contributed by atoms with Crippen molar-refractivity contribution in [1.82, 2.24) is 4.98 Å². The molecular formula is C18H16N2O4. The molecule has 0 radical (unpaired) electrons. The summed E-state index contributed by atoms with van der Waals surface area (Å²) >= 11 is 0. The summed E-state index contributed by atoms with van der Waals surface area (Å²) in [6.45, 7) is 0. The molecule has 24 heavy (non-hydrogen) atoms. The molecule has 0 saturated carbocycles. The number of benzene rings is 2. The van der Waals surface area contributed by atoms with Crippen molar-refractivity contribution in [2.75, 3.05) is 12.4 Å². The lowest BCUT2D eigenvalue weighted by Crippen LogP contribution is -2.01. The van der Waals surface area contributed by atoms with Gasteiger partial charge in [-0.2, -0.15) is 0 Å². The first-order valence-corrected chi connectivity index (χ1v) is 7.10. The van der Waals surface area contributed by atoms with Crippen LogP contribution in [0.25, 0.3) is 10.9 Å². The van der Waals surface area contributed by atoms with Gasteiger partial charge >= 0.3 is 11.9 Å². The Balaban J connectivity index is 0.000000174. The van der Waals surface area contributed by atoms with E-state index in [1.54, 1.807) is 0 Å². The first-order valence-electron chi connectivity index (χ1n) is 7.10. The minimum absolute atomic E-state index is 0.0186. The lowest BCUT2D eigenvalue weighted by molar-refractivity contribution is 0.0696. The van der Waals surface area contributed by atoms with Gasteiger partial charge in [-0.05, 0) is 30.3 Å². The molecule has 1 heterocycles. The van der Waals surface area contributed by atoms with E-state index in [1.807, 2.05) is 31.4 Å². The number of carboxylic acid groups (broad SMARTS) is 2. The van der Waals surface area contributed by atoms with Crippen LogP contribution in [0, 0.1) is 0 Å². The van der Waals surface area contributed by atoms with E-state index in [-0.39, 0.29) is 11.1 Å². The van der Waals surface area contributed by atoms with Gasteiger partial charge in [-0.15, -0.1) is 0 Å². The van der Waals surface area contributed by atoms with Crippen molar-refractivity contribution >= 4 is 28.5 Å². The molecule has 2 aromatic carbocycles. The molecule has 0 aliphatic carbocycles. The Morgan fingerprint density at radius 1 is 0.917 bits per heavy atom. The molecule has 3 N–H and O–H groups in total. The minimum Gasteiger partial charge on any atom is -0.478 e. The third kappa shape index (κ3) is 4.30. The van der Waals surface area contributed by atoms with E-state index in [1.165, 1.54) is 23.6 Å². The zero-order valence-electron chi connectivity index (χ0n) is 12.9. The molecule has 0 amide bonds. The Labute approximate surface area is 138 Å². The van der Waals surface area contributed by atoms with Crippen LogP contribution in [-0.4, -0.2) is 34.2 Å². The highest BCUT2D eigenvalue weighted by Crippen LogP contribution is 2.14. The van der Waals surface area contributed by atoms with Crippen LogP contribution in [0.2, 0.25) is 0 Å². The second kappa shape index (κ2) is 7.73. The van der Waals surface area contributed by atoms with Crippen LogP contribution in [0.5, 0.6) is 0 Å². The van der Waals surface area contributed by atoms with Gasteiger partial charge in [-0.1, -0.05) is 24.3 Å². The van der Waals surface area contributed by atoms with Gasteiger partial charge in [0.25, 0.3) is 0 Å². The van der Waals surface area contributed by atoms with Gasteiger partial charge in [0.2, 0.25) is 0 Å². The molecule has 3 aromatic rings. The minimum atomic E-state index is -1.13. The molecule has 0 spiro atoms. The van der Waals surface area contributed by atoms with E-state index in [4.69, 9.17) is 10.2 Å². The maximum absolute atomic E-state index is 10.4. The molecule has 0 fully saturated rings. The number of aromatic nitrogens is 1. The predicted molar refractivity (Wildman–Crippen MR) is 91.7 cm³/mol. The number of rotatable bonds is 3. The Hall–Kier alpha value is -3.41. The van der Waals surface area contributed by atoms with Crippen molar-refractivity contribution in [1.29, 1.82) is 0 Å². The van der Waals surface area contributed by atoms with E-state index < -0.39 is 11.9 Å². The summed E-state index contributed by atoms with van der Waals surface area (Å²) < 4.78 is 0. The smallest absolute Gasteiger partial charge is 0.335 e. The van der Waals surface area contributed by atoms with Crippen LogP contribution in [0.4, 0.5) is 5.69 Å². The van der Waals surface area contributed by atoms with E-state index in [0.29, 0.717) is 0 Å². The molecule has 1 aromatic heterocycles. The summed E-state index contributed by atoms with van der Waals surface area (Å²) in [5, 5.41) is 21.2. The summed E-state index contributed by atoms with van der Waals surface area (Å²) in [4.78, 5) is 25.1. The Morgan fingerprint density at radius 2 is 1.54 bits per heavy atom. The number of fused-ring (bicyclic) bond motifs is 1. The number of pyridine rings is 1. The molecule has 6 heteroatoms. The molecule has 122 valence electrons. The van der Waals surface area contributed by atoms with Crippen molar-refractivity contribution < 1.29 is 19.8 Å². The summed E-state index contributed by atoms with van der Waals surface area (Å²) in [5.74, 6) is -2.25. The second-order valence-electron chi connectivity index (χ2n) is 4.86. The first-order chi connectivity index (χ1) is 11.5. The van der Waals surface area contributed by atoms with Crippen LogP contribution in [0.1, 0.15) is 20.7 Å². The molecule has 0 unspecified atom stereocenters. The average molecular weight is 324 g/mol. The molecule has 6 nitrogen and oxygen atoms in total. The molecule has 0 atom stereocenters. The van der Waals surface area contributed by atoms with Gasteiger partial charge in [-0.3, -0.25) is 4.98 Å². The van der Waals surface area contributed by atoms with E-state index in [2.05, 4.69) is 22.4 Å². The van der Waals surface area contributed by atoms with Crippen LogP contribution >= 0.6 is 0 Å². The van der Waals surface area contributed by atoms with Gasteiger partial charge in [0, 0.05) is 12.4 Å². The zero-order valence-corrected chi connectivity index (χ0v) is 12.9. The summed E-state index contributed by atoms with van der Waals surface area (Å²) in [7, 11) is 1.89. The summed E-state index contributed by atoms with van der Waals surface area (Å²) in [6, 6.07) is 15.4. The topological polar surface area (TPSA) is 99.5 Å². The molecular weight excluding hydrogens is 308 g/mol. The van der Waals surface area contributed by atoms with E-state index >= 15 is 0 Å². The predicted octanol–water partition coefficient (Wildman–Crippen LogP) is 3.36. The highest BCUT2D eigenvalue weighted by Gasteiger charge is 2.06. The van der Waals surface area contributed by atoms with Gasteiger partial charge in [-0.25, -0.2) is 9.59 Å². The fourth-order valence-electron chi connectivity index (χ4n) is 1.99. The van der Waals surface area contributed by atoms with Crippen molar-refractivity contribution in [3.05, 3.63) is 71.9 Å². The first kappa shape index (κ1) is 17.0. The lowest BCUT2D eigenvalue weighted by atomic mass is 10.1. The number of hydrogen-bond acceptors (Lipinski definition) is 4. The molecule has 0 aliphatic heterocycles. The van der Waals surface area contributed by atoms with Crippen LogP contribution < -0.4 is 5.32 Å². The van der Waals surface area contributed by atoms with Crippen LogP contribution in [0.3, 0.4) is 0 Å². The number of aromatic carboxylic acids is 2. The van der Waals surface area contributed by atoms with Gasteiger partial charge in [0.05, 0.1) is 28.5 Å². The van der Waals surface area contributed by atoms with Crippen LogP contribution in [-0.2, 0) is 0 Å². The second-order valence-corrected chi connectivity index (χ2v) is 4.86. The Morgan fingerprint density at radius 3 is 2.12 bits per heavy atom. The van der Waals surface area contributed by atoms with Crippen molar-refractivity contribution in [3.8, 4) is 0 Å². The highest BCUT2D eigenvalue weighted by molar-refractivity contribution is 5.93. The third-order valence-corrected chi connectivity index (χ3v) is 3.24. The van der Waals surface area contributed by atoms with E-state index in [0.717, 1.165) is 17.3 Å². The van der Waals surface area contributed by atoms with Crippen molar-refractivity contribution in [3.63, 3.8) is 0 Å². The number of nitrogens with zero attached hydrogens (tertiary/aromatic N) is 1. The lowest BCUT2D eigenvalue weighted by Gasteiger charge is -2.00.